The number of aliphatic hydroxyl groups is 1. The van der Waals surface area contributed by atoms with E-state index in [1.54, 1.807) is 18.3 Å². The van der Waals surface area contributed by atoms with Gasteiger partial charge in [0.05, 0.1) is 6.10 Å². The fourth-order valence-electron chi connectivity index (χ4n) is 1.20. The monoisotopic (exact) mass is 227 g/mol. The highest BCUT2D eigenvalue weighted by Crippen LogP contribution is 2.07. The Bertz CT molecular complexity index is 283. The van der Waals surface area contributed by atoms with Crippen LogP contribution in [0, 0.1) is 0 Å². The van der Waals surface area contributed by atoms with Gasteiger partial charge in [0, 0.05) is 13.0 Å². The van der Waals surface area contributed by atoms with E-state index in [1.807, 2.05) is 11.4 Å². The minimum atomic E-state index is -0.345. The number of hydrogen-bond donors (Lipinski definition) is 2. The summed E-state index contributed by atoms with van der Waals surface area (Å²) in [6.07, 6.45) is 1.59. The van der Waals surface area contributed by atoms with Crippen molar-refractivity contribution in [2.75, 3.05) is 6.54 Å². The van der Waals surface area contributed by atoms with Crippen molar-refractivity contribution in [1.82, 2.24) is 5.32 Å². The summed E-state index contributed by atoms with van der Waals surface area (Å²) in [7, 11) is 0. The smallest absolute Gasteiger partial charge is 0.220 e. The molecule has 0 aliphatic rings. The standard InChI is InChI=1S/C11H17NO2S/c1-9(13)4-6-12-11(14)3-2-10-5-7-15-8-10/h5,7-9,13H,2-4,6H2,1H3,(H,12,14). The van der Waals surface area contributed by atoms with E-state index in [1.165, 1.54) is 5.56 Å². The third-order valence-corrected chi connectivity index (χ3v) is 2.84. The lowest BCUT2D eigenvalue weighted by atomic mass is 10.2. The van der Waals surface area contributed by atoms with Crippen molar-refractivity contribution >= 4 is 17.2 Å². The Kier molecular flexibility index (Phi) is 5.36. The molecular weight excluding hydrogens is 210 g/mol. The molecular formula is C11H17NO2S. The maximum atomic E-state index is 11.3. The maximum Gasteiger partial charge on any atom is 0.220 e. The fraction of sp³-hybridized carbons (Fsp3) is 0.545. The van der Waals surface area contributed by atoms with Crippen molar-refractivity contribution in [2.45, 2.75) is 32.3 Å². The Morgan fingerprint density at radius 2 is 2.47 bits per heavy atom. The Morgan fingerprint density at radius 3 is 3.07 bits per heavy atom. The molecule has 2 N–H and O–H groups in total. The van der Waals surface area contributed by atoms with E-state index in [9.17, 15) is 4.79 Å². The number of amides is 1. The van der Waals surface area contributed by atoms with Gasteiger partial charge >= 0.3 is 0 Å². The van der Waals surface area contributed by atoms with E-state index in [-0.39, 0.29) is 12.0 Å². The van der Waals surface area contributed by atoms with Crippen LogP contribution in [0.5, 0.6) is 0 Å². The Labute approximate surface area is 94.1 Å². The predicted octanol–water partition coefficient (Wildman–Crippen LogP) is 1.57. The largest absolute Gasteiger partial charge is 0.393 e. The van der Waals surface area contributed by atoms with Crippen LogP contribution in [0.25, 0.3) is 0 Å². The normalized spacial score (nSPS) is 12.4. The molecule has 1 heterocycles. The van der Waals surface area contributed by atoms with Crippen LogP contribution in [0.3, 0.4) is 0 Å². The predicted molar refractivity (Wildman–Crippen MR) is 61.9 cm³/mol. The Hall–Kier alpha value is -0.870. The van der Waals surface area contributed by atoms with Gasteiger partial charge in [0.15, 0.2) is 0 Å². The molecule has 0 aliphatic heterocycles. The molecule has 0 aromatic carbocycles. The molecule has 3 nitrogen and oxygen atoms in total. The van der Waals surface area contributed by atoms with Gasteiger partial charge in [-0.25, -0.2) is 0 Å². The molecule has 0 fully saturated rings. The molecule has 0 aliphatic carbocycles. The molecule has 1 rings (SSSR count). The lowest BCUT2D eigenvalue weighted by Crippen LogP contribution is -2.26. The lowest BCUT2D eigenvalue weighted by Gasteiger charge is -2.06. The van der Waals surface area contributed by atoms with Gasteiger partial charge in [-0.3, -0.25) is 4.79 Å². The van der Waals surface area contributed by atoms with Crippen molar-refractivity contribution in [3.8, 4) is 0 Å². The minimum Gasteiger partial charge on any atom is -0.393 e. The zero-order valence-corrected chi connectivity index (χ0v) is 9.72. The number of rotatable bonds is 6. The van der Waals surface area contributed by atoms with Gasteiger partial charge in [0.1, 0.15) is 0 Å². The Morgan fingerprint density at radius 1 is 1.67 bits per heavy atom. The van der Waals surface area contributed by atoms with Crippen molar-refractivity contribution < 1.29 is 9.90 Å². The fourth-order valence-corrected chi connectivity index (χ4v) is 1.90. The summed E-state index contributed by atoms with van der Waals surface area (Å²) in [5, 5.41) is 15.8. The second kappa shape index (κ2) is 6.58. The molecule has 1 unspecified atom stereocenters. The number of thiophene rings is 1. The average molecular weight is 227 g/mol. The van der Waals surface area contributed by atoms with Crippen LogP contribution >= 0.6 is 11.3 Å². The number of aryl methyl sites for hydroxylation is 1. The zero-order chi connectivity index (χ0) is 11.1. The first kappa shape index (κ1) is 12.2. The van der Waals surface area contributed by atoms with Crippen LogP contribution < -0.4 is 5.32 Å². The van der Waals surface area contributed by atoms with Gasteiger partial charge < -0.3 is 10.4 Å². The van der Waals surface area contributed by atoms with E-state index in [2.05, 4.69) is 10.7 Å². The molecule has 1 amide bonds. The molecule has 4 heteroatoms. The molecule has 1 atom stereocenters. The second-order valence-corrected chi connectivity index (χ2v) is 4.40. The van der Waals surface area contributed by atoms with Gasteiger partial charge in [0.2, 0.25) is 5.91 Å². The van der Waals surface area contributed by atoms with Crippen LogP contribution in [-0.2, 0) is 11.2 Å². The van der Waals surface area contributed by atoms with E-state index in [0.29, 0.717) is 19.4 Å². The Balaban J connectivity index is 2.09. The van der Waals surface area contributed by atoms with Crippen LogP contribution in [0.15, 0.2) is 16.8 Å². The average Bonchev–Trinajstić information content (AvgIpc) is 2.66. The first-order valence-electron chi connectivity index (χ1n) is 5.14. The molecule has 1 aromatic heterocycles. The van der Waals surface area contributed by atoms with Crippen molar-refractivity contribution in [3.05, 3.63) is 22.4 Å². The summed E-state index contributed by atoms with van der Waals surface area (Å²) >= 11 is 1.65. The minimum absolute atomic E-state index is 0.0573. The molecule has 0 spiro atoms. The van der Waals surface area contributed by atoms with Gasteiger partial charge in [-0.2, -0.15) is 11.3 Å². The zero-order valence-electron chi connectivity index (χ0n) is 8.90. The van der Waals surface area contributed by atoms with Gasteiger partial charge in [0.25, 0.3) is 0 Å². The third-order valence-electron chi connectivity index (χ3n) is 2.11. The quantitative estimate of drug-likeness (QED) is 0.775. The SMILES string of the molecule is CC(O)CCNC(=O)CCc1ccsc1. The second-order valence-electron chi connectivity index (χ2n) is 3.62. The summed E-state index contributed by atoms with van der Waals surface area (Å²) in [5.74, 6) is 0.0573. The van der Waals surface area contributed by atoms with E-state index < -0.39 is 0 Å². The van der Waals surface area contributed by atoms with Crippen LogP contribution in [0.4, 0.5) is 0 Å². The van der Waals surface area contributed by atoms with Crippen molar-refractivity contribution in [2.24, 2.45) is 0 Å². The molecule has 84 valence electrons. The number of carbonyl (C=O) groups is 1. The summed E-state index contributed by atoms with van der Waals surface area (Å²) in [4.78, 5) is 11.3. The van der Waals surface area contributed by atoms with Crippen molar-refractivity contribution in [1.29, 1.82) is 0 Å². The highest BCUT2D eigenvalue weighted by atomic mass is 32.1. The number of hydrogen-bond acceptors (Lipinski definition) is 3. The first-order valence-corrected chi connectivity index (χ1v) is 6.08. The highest BCUT2D eigenvalue weighted by molar-refractivity contribution is 7.07. The molecule has 0 radical (unpaired) electrons. The van der Waals surface area contributed by atoms with E-state index in [0.717, 1.165) is 6.42 Å². The summed E-state index contributed by atoms with van der Waals surface area (Å²) < 4.78 is 0. The van der Waals surface area contributed by atoms with E-state index >= 15 is 0 Å². The molecule has 0 saturated carbocycles. The third kappa shape index (κ3) is 5.54. The first-order chi connectivity index (χ1) is 7.18. The highest BCUT2D eigenvalue weighted by Gasteiger charge is 2.02. The molecule has 0 saturated heterocycles. The van der Waals surface area contributed by atoms with Gasteiger partial charge in [-0.15, -0.1) is 0 Å². The topological polar surface area (TPSA) is 49.3 Å². The lowest BCUT2D eigenvalue weighted by molar-refractivity contribution is -0.121. The van der Waals surface area contributed by atoms with E-state index in [4.69, 9.17) is 5.11 Å². The summed E-state index contributed by atoms with van der Waals surface area (Å²) in [5.41, 5.74) is 1.21. The molecule has 0 bridgehead atoms. The number of aliphatic hydroxyl groups excluding tert-OH is 1. The summed E-state index contributed by atoms with van der Waals surface area (Å²) in [6, 6.07) is 2.04. The van der Waals surface area contributed by atoms with Crippen LogP contribution in [-0.4, -0.2) is 23.7 Å². The molecule has 15 heavy (non-hydrogen) atoms. The summed E-state index contributed by atoms with van der Waals surface area (Å²) in [6.45, 7) is 2.28. The number of nitrogens with one attached hydrogen (secondary N) is 1. The van der Waals surface area contributed by atoms with Gasteiger partial charge in [-0.1, -0.05) is 0 Å². The number of carbonyl (C=O) groups excluding carboxylic acids is 1. The molecule has 1 aromatic rings. The van der Waals surface area contributed by atoms with Gasteiger partial charge in [-0.05, 0) is 42.2 Å². The van der Waals surface area contributed by atoms with Crippen molar-refractivity contribution in [3.63, 3.8) is 0 Å². The van der Waals surface area contributed by atoms with Crippen LogP contribution in [0.2, 0.25) is 0 Å². The maximum absolute atomic E-state index is 11.3. The van der Waals surface area contributed by atoms with Crippen LogP contribution in [0.1, 0.15) is 25.3 Å².